The van der Waals surface area contributed by atoms with Gasteiger partial charge in [-0.1, -0.05) is 0 Å². The Morgan fingerprint density at radius 1 is 0.826 bits per heavy atom. The van der Waals surface area contributed by atoms with Gasteiger partial charge in [0, 0.05) is 62.8 Å². The number of piperazine rings is 1. The van der Waals surface area contributed by atoms with Crippen LogP contribution >= 0.6 is 0 Å². The first-order valence-corrected chi connectivity index (χ1v) is 16.7. The number of benzene rings is 1. The van der Waals surface area contributed by atoms with Crippen LogP contribution in [0.25, 0.3) is 22.4 Å². The molecule has 2 atom stereocenters. The minimum atomic E-state index is -0.325. The van der Waals surface area contributed by atoms with Crippen LogP contribution in [0.5, 0.6) is 0 Å². The van der Waals surface area contributed by atoms with Crippen LogP contribution in [-0.2, 0) is 4.74 Å². The molecule has 3 saturated heterocycles. The van der Waals surface area contributed by atoms with Crippen LogP contribution in [0.15, 0.2) is 55.0 Å². The van der Waals surface area contributed by atoms with Gasteiger partial charge in [-0.2, -0.15) is 5.10 Å². The van der Waals surface area contributed by atoms with E-state index in [0.717, 1.165) is 74.3 Å². The van der Waals surface area contributed by atoms with Crippen molar-refractivity contribution >= 4 is 34.3 Å². The lowest BCUT2D eigenvalue weighted by Crippen LogP contribution is -2.49. The largest absolute Gasteiger partial charge is 0.371 e. The summed E-state index contributed by atoms with van der Waals surface area (Å²) in [5.41, 5.74) is 3.11. The molecule has 1 saturated carbocycles. The fourth-order valence-corrected chi connectivity index (χ4v) is 7.62. The fourth-order valence-electron chi connectivity index (χ4n) is 7.62. The summed E-state index contributed by atoms with van der Waals surface area (Å²) < 4.78 is 8.35. The maximum absolute atomic E-state index is 12.5. The lowest BCUT2D eigenvalue weighted by molar-refractivity contribution is 0.0303. The summed E-state index contributed by atoms with van der Waals surface area (Å²) in [4.78, 5) is 34.4. The van der Waals surface area contributed by atoms with Crippen molar-refractivity contribution in [3.05, 3.63) is 55.0 Å². The number of fused-ring (bicyclic) bond motifs is 3. The Morgan fingerprint density at radius 3 is 2.26 bits per heavy atom. The molecule has 4 aliphatic rings. The van der Waals surface area contributed by atoms with Gasteiger partial charge in [-0.25, -0.2) is 19.4 Å². The summed E-state index contributed by atoms with van der Waals surface area (Å²) in [6.45, 7) is 6.32. The Bertz CT molecular complexity index is 1650. The number of anilines is 3. The third-order valence-electron chi connectivity index (χ3n) is 10.2. The molecule has 3 aliphatic heterocycles. The molecule has 2 unspecified atom stereocenters. The number of hydrogen-bond acceptors (Lipinski definition) is 9. The molecule has 2 N–H and O–H groups in total. The lowest BCUT2D eigenvalue weighted by atomic mass is 9.90. The van der Waals surface area contributed by atoms with Gasteiger partial charge in [0.1, 0.15) is 5.82 Å². The SMILES string of the molecule is CN1CCN(C2CCC(n3ncc4c(N5CC6CCC(C5)O6)nc(-c5ccc(NC(=O)Nc6cccnc6)cc5)nc43)CC2)CC1. The maximum Gasteiger partial charge on any atom is 0.323 e. The first-order chi connectivity index (χ1) is 22.6. The average molecular weight is 623 g/mol. The molecule has 1 aliphatic carbocycles. The van der Waals surface area contributed by atoms with Crippen LogP contribution in [0, 0.1) is 0 Å². The predicted molar refractivity (Wildman–Crippen MR) is 178 cm³/mol. The molecule has 4 aromatic rings. The van der Waals surface area contributed by atoms with E-state index in [9.17, 15) is 4.79 Å². The quantitative estimate of drug-likeness (QED) is 0.318. The number of carbonyl (C=O) groups excluding carboxylic acids is 1. The van der Waals surface area contributed by atoms with Crippen molar-refractivity contribution < 1.29 is 9.53 Å². The second-order valence-corrected chi connectivity index (χ2v) is 13.3. The van der Waals surface area contributed by atoms with Crippen molar-refractivity contribution in [3.63, 3.8) is 0 Å². The molecule has 3 aromatic heterocycles. The topological polar surface area (TPSA) is 117 Å². The zero-order valence-corrected chi connectivity index (χ0v) is 26.4. The van der Waals surface area contributed by atoms with E-state index in [4.69, 9.17) is 19.8 Å². The molecule has 8 rings (SSSR count). The van der Waals surface area contributed by atoms with E-state index in [1.165, 1.54) is 25.9 Å². The summed E-state index contributed by atoms with van der Waals surface area (Å²) >= 11 is 0. The van der Waals surface area contributed by atoms with Gasteiger partial charge < -0.3 is 25.2 Å². The molecule has 0 radical (unpaired) electrons. The van der Waals surface area contributed by atoms with Crippen molar-refractivity contribution in [2.75, 3.05) is 61.8 Å². The fraction of sp³-hybridized carbons (Fsp3) is 0.500. The molecular formula is C34H42N10O2. The van der Waals surface area contributed by atoms with Crippen LogP contribution in [0.1, 0.15) is 44.6 Å². The maximum atomic E-state index is 12.5. The van der Waals surface area contributed by atoms with E-state index in [0.29, 0.717) is 29.3 Å². The molecule has 12 nitrogen and oxygen atoms in total. The number of aromatic nitrogens is 5. The molecule has 0 spiro atoms. The number of rotatable bonds is 6. The number of pyridine rings is 1. The zero-order valence-electron chi connectivity index (χ0n) is 26.4. The number of morpholine rings is 1. The van der Waals surface area contributed by atoms with E-state index in [1.807, 2.05) is 30.5 Å². The van der Waals surface area contributed by atoms with Gasteiger partial charge in [0.25, 0.3) is 0 Å². The van der Waals surface area contributed by atoms with Crippen LogP contribution < -0.4 is 15.5 Å². The monoisotopic (exact) mass is 622 g/mol. The van der Waals surface area contributed by atoms with Gasteiger partial charge in [-0.15, -0.1) is 0 Å². The highest BCUT2D eigenvalue weighted by atomic mass is 16.5. The molecule has 6 heterocycles. The van der Waals surface area contributed by atoms with Crippen molar-refractivity contribution in [3.8, 4) is 11.4 Å². The number of urea groups is 1. The number of likely N-dealkylation sites (N-methyl/N-ethyl adjacent to an activating group) is 1. The van der Waals surface area contributed by atoms with Gasteiger partial charge in [0.2, 0.25) is 0 Å². The van der Waals surface area contributed by atoms with E-state index in [-0.39, 0.29) is 18.2 Å². The highest BCUT2D eigenvalue weighted by Crippen LogP contribution is 2.37. The number of carbonyl (C=O) groups is 1. The third-order valence-corrected chi connectivity index (χ3v) is 10.2. The zero-order chi connectivity index (χ0) is 31.0. The summed E-state index contributed by atoms with van der Waals surface area (Å²) in [5.74, 6) is 1.61. The minimum Gasteiger partial charge on any atom is -0.371 e. The highest BCUT2D eigenvalue weighted by Gasteiger charge is 2.36. The smallest absolute Gasteiger partial charge is 0.323 e. The summed E-state index contributed by atoms with van der Waals surface area (Å²) in [6.07, 6.45) is 12.5. The average Bonchev–Trinajstić information content (AvgIpc) is 3.67. The van der Waals surface area contributed by atoms with Crippen LogP contribution in [0.2, 0.25) is 0 Å². The van der Waals surface area contributed by atoms with Gasteiger partial charge in [0.15, 0.2) is 11.5 Å². The van der Waals surface area contributed by atoms with Crippen LogP contribution in [-0.4, -0.2) is 105 Å². The molecule has 12 heteroatoms. The van der Waals surface area contributed by atoms with Crippen molar-refractivity contribution in [2.45, 2.75) is 62.8 Å². The Kier molecular flexibility index (Phi) is 8.01. The van der Waals surface area contributed by atoms with E-state index in [1.54, 1.807) is 24.5 Å². The van der Waals surface area contributed by atoms with Gasteiger partial charge in [0.05, 0.1) is 41.7 Å². The van der Waals surface area contributed by atoms with Gasteiger partial charge in [-0.3, -0.25) is 9.88 Å². The second kappa shape index (κ2) is 12.6. The number of hydrogen-bond donors (Lipinski definition) is 2. The molecule has 4 fully saturated rings. The predicted octanol–water partition coefficient (Wildman–Crippen LogP) is 4.63. The van der Waals surface area contributed by atoms with E-state index < -0.39 is 0 Å². The van der Waals surface area contributed by atoms with Crippen molar-refractivity contribution in [1.82, 2.24) is 34.5 Å². The first-order valence-electron chi connectivity index (χ1n) is 16.7. The summed E-state index contributed by atoms with van der Waals surface area (Å²) in [5, 5.41) is 11.7. The van der Waals surface area contributed by atoms with Crippen molar-refractivity contribution in [2.24, 2.45) is 0 Å². The summed E-state index contributed by atoms with van der Waals surface area (Å²) in [6, 6.07) is 11.9. The summed E-state index contributed by atoms with van der Waals surface area (Å²) in [7, 11) is 2.22. The van der Waals surface area contributed by atoms with Crippen LogP contribution in [0.3, 0.4) is 0 Å². The lowest BCUT2D eigenvalue weighted by Gasteiger charge is -2.41. The Morgan fingerprint density at radius 2 is 1.54 bits per heavy atom. The Labute approximate surface area is 269 Å². The third kappa shape index (κ3) is 6.04. The Balaban J connectivity index is 1.05. The second-order valence-electron chi connectivity index (χ2n) is 13.3. The molecular weight excluding hydrogens is 580 g/mol. The number of amides is 2. The van der Waals surface area contributed by atoms with E-state index >= 15 is 0 Å². The molecule has 46 heavy (non-hydrogen) atoms. The first kappa shape index (κ1) is 29.3. The van der Waals surface area contributed by atoms with Crippen molar-refractivity contribution in [1.29, 1.82) is 0 Å². The highest BCUT2D eigenvalue weighted by molar-refractivity contribution is 5.99. The van der Waals surface area contributed by atoms with Crippen LogP contribution in [0.4, 0.5) is 22.0 Å². The number of nitrogens with one attached hydrogen (secondary N) is 2. The normalized spacial score (nSPS) is 25.5. The molecule has 2 bridgehead atoms. The number of ether oxygens (including phenoxy) is 1. The minimum absolute atomic E-state index is 0.246. The Hall–Kier alpha value is -4.13. The van der Waals surface area contributed by atoms with E-state index in [2.05, 4.69) is 42.0 Å². The molecule has 240 valence electrons. The number of nitrogens with zero attached hydrogens (tertiary/aromatic N) is 8. The standard InChI is InChI=1S/C34H42N10O2/c1-41-15-17-42(18-16-41)26-8-10-27(11-9-26)44-33-30(20-36-44)32(43-21-28-12-13-29(22-43)46-28)39-31(40-33)23-4-6-24(7-5-23)37-34(45)38-25-3-2-14-35-19-25/h2-7,14,19-20,26-29H,8-13,15-18,21-22H2,1H3,(H2,37,38,45). The van der Waals surface area contributed by atoms with Gasteiger partial charge in [-0.05, 0) is 82.0 Å². The molecule has 2 amide bonds. The molecule has 1 aromatic carbocycles. The van der Waals surface area contributed by atoms with Gasteiger partial charge >= 0.3 is 6.03 Å².